The van der Waals surface area contributed by atoms with Crippen LogP contribution in [-0.4, -0.2) is 11.3 Å². The second-order valence-electron chi connectivity index (χ2n) is 2.38. The van der Waals surface area contributed by atoms with Crippen molar-refractivity contribution in [2.45, 2.75) is 6.42 Å². The number of aromatic amines is 1. The predicted octanol–water partition coefficient (Wildman–Crippen LogP) is 0.916. The van der Waals surface area contributed by atoms with Gasteiger partial charge < -0.3 is 4.98 Å². The van der Waals surface area contributed by atoms with Gasteiger partial charge in [-0.2, -0.15) is 0 Å². The average Bonchev–Trinajstić information content (AvgIpc) is 2.05. The van der Waals surface area contributed by atoms with E-state index in [2.05, 4.69) is 11.6 Å². The Kier molecular flexibility index (Phi) is 2.58. The van der Waals surface area contributed by atoms with E-state index in [0.29, 0.717) is 12.7 Å². The standard InChI is InChI=1S/C9H9NO2/c1-2-3-8-5-4-7(6-11)9(12)10-8/h2,4-6H,1,3H2,(H,10,12). The van der Waals surface area contributed by atoms with E-state index in [-0.39, 0.29) is 11.1 Å². The molecule has 0 fully saturated rings. The molecule has 0 spiro atoms. The number of carbonyl (C=O) groups excluding carboxylic acids is 1. The van der Waals surface area contributed by atoms with Crippen LogP contribution in [0.15, 0.2) is 29.6 Å². The predicted molar refractivity (Wildman–Crippen MR) is 46.4 cm³/mol. The molecule has 0 amide bonds. The third kappa shape index (κ3) is 1.69. The monoisotopic (exact) mass is 163 g/mol. The van der Waals surface area contributed by atoms with Crippen LogP contribution in [0.25, 0.3) is 0 Å². The van der Waals surface area contributed by atoms with Crippen molar-refractivity contribution in [2.24, 2.45) is 0 Å². The SMILES string of the molecule is C=CCc1ccc(C=O)c(=O)[nH]1. The molecule has 1 rings (SSSR count). The molecule has 0 aromatic carbocycles. The summed E-state index contributed by atoms with van der Waals surface area (Å²) < 4.78 is 0. The van der Waals surface area contributed by atoms with Gasteiger partial charge in [0.1, 0.15) is 0 Å². The highest BCUT2D eigenvalue weighted by molar-refractivity contribution is 5.73. The lowest BCUT2D eigenvalue weighted by Crippen LogP contribution is -2.13. The smallest absolute Gasteiger partial charge is 0.258 e. The first kappa shape index (κ1) is 8.46. The molecule has 3 heteroatoms. The van der Waals surface area contributed by atoms with Crippen LogP contribution >= 0.6 is 0 Å². The summed E-state index contributed by atoms with van der Waals surface area (Å²) in [6.07, 6.45) is 2.83. The third-order valence-electron chi connectivity index (χ3n) is 1.49. The van der Waals surface area contributed by atoms with Crippen LogP contribution in [0.1, 0.15) is 16.1 Å². The molecule has 0 saturated carbocycles. The Morgan fingerprint density at radius 1 is 1.50 bits per heavy atom. The van der Waals surface area contributed by atoms with Crippen LogP contribution < -0.4 is 5.56 Å². The van der Waals surface area contributed by atoms with Crippen molar-refractivity contribution in [1.82, 2.24) is 4.98 Å². The van der Waals surface area contributed by atoms with E-state index in [0.717, 1.165) is 5.69 Å². The van der Waals surface area contributed by atoms with Crippen LogP contribution in [0.2, 0.25) is 0 Å². The van der Waals surface area contributed by atoms with Gasteiger partial charge in [0.15, 0.2) is 6.29 Å². The zero-order valence-corrected chi connectivity index (χ0v) is 6.54. The molecule has 12 heavy (non-hydrogen) atoms. The highest BCUT2D eigenvalue weighted by atomic mass is 16.1. The lowest BCUT2D eigenvalue weighted by Gasteiger charge is -1.95. The summed E-state index contributed by atoms with van der Waals surface area (Å²) in [5, 5.41) is 0. The summed E-state index contributed by atoms with van der Waals surface area (Å²) in [7, 11) is 0. The molecule has 1 N–H and O–H groups in total. The molecule has 0 radical (unpaired) electrons. The quantitative estimate of drug-likeness (QED) is 0.532. The number of allylic oxidation sites excluding steroid dienone is 1. The van der Waals surface area contributed by atoms with Gasteiger partial charge in [0.2, 0.25) is 0 Å². The Hall–Kier alpha value is -1.64. The summed E-state index contributed by atoms with van der Waals surface area (Å²) >= 11 is 0. The van der Waals surface area contributed by atoms with Gasteiger partial charge in [0.05, 0.1) is 5.56 Å². The molecule has 3 nitrogen and oxygen atoms in total. The van der Waals surface area contributed by atoms with Gasteiger partial charge in [-0.15, -0.1) is 6.58 Å². The molecule has 0 saturated heterocycles. The van der Waals surface area contributed by atoms with Crippen LogP contribution in [-0.2, 0) is 6.42 Å². The second-order valence-corrected chi connectivity index (χ2v) is 2.38. The van der Waals surface area contributed by atoms with Gasteiger partial charge in [-0.1, -0.05) is 6.08 Å². The lowest BCUT2D eigenvalue weighted by molar-refractivity contribution is 0.112. The molecule has 1 aromatic heterocycles. The molecule has 1 heterocycles. The van der Waals surface area contributed by atoms with Crippen molar-refractivity contribution in [1.29, 1.82) is 0 Å². The van der Waals surface area contributed by atoms with Crippen molar-refractivity contribution in [3.8, 4) is 0 Å². The first-order valence-corrected chi connectivity index (χ1v) is 3.56. The fourth-order valence-electron chi connectivity index (χ4n) is 0.893. The normalized spacial score (nSPS) is 9.33. The van der Waals surface area contributed by atoms with Crippen LogP contribution in [0.5, 0.6) is 0 Å². The number of hydrogen-bond acceptors (Lipinski definition) is 2. The minimum absolute atomic E-state index is 0.155. The number of hydrogen-bond donors (Lipinski definition) is 1. The molecular weight excluding hydrogens is 154 g/mol. The van der Waals surface area contributed by atoms with E-state index < -0.39 is 0 Å². The Labute approximate surface area is 69.7 Å². The van der Waals surface area contributed by atoms with Gasteiger partial charge in [-0.3, -0.25) is 9.59 Å². The second kappa shape index (κ2) is 3.67. The van der Waals surface area contributed by atoms with Crippen LogP contribution in [0.3, 0.4) is 0 Å². The number of carbonyl (C=O) groups is 1. The molecule has 0 aliphatic carbocycles. The highest BCUT2D eigenvalue weighted by Gasteiger charge is 1.97. The molecule has 0 atom stereocenters. The summed E-state index contributed by atoms with van der Waals surface area (Å²) in [5.41, 5.74) is 0.577. The Bertz CT molecular complexity index is 352. The fourth-order valence-corrected chi connectivity index (χ4v) is 0.893. The average molecular weight is 163 g/mol. The van der Waals surface area contributed by atoms with Crippen molar-refractivity contribution in [3.05, 3.63) is 46.4 Å². The molecular formula is C9H9NO2. The maximum Gasteiger partial charge on any atom is 0.258 e. The van der Waals surface area contributed by atoms with Crippen LogP contribution in [0, 0.1) is 0 Å². The van der Waals surface area contributed by atoms with Gasteiger partial charge in [0, 0.05) is 12.1 Å². The van der Waals surface area contributed by atoms with Gasteiger partial charge in [0.25, 0.3) is 5.56 Å². The molecule has 1 aromatic rings. The Morgan fingerprint density at radius 2 is 2.25 bits per heavy atom. The van der Waals surface area contributed by atoms with E-state index >= 15 is 0 Å². The largest absolute Gasteiger partial charge is 0.325 e. The minimum Gasteiger partial charge on any atom is -0.325 e. The summed E-state index contributed by atoms with van der Waals surface area (Å²) in [6.45, 7) is 3.54. The Balaban J connectivity index is 3.09. The van der Waals surface area contributed by atoms with Crippen LogP contribution in [0.4, 0.5) is 0 Å². The van der Waals surface area contributed by atoms with Crippen molar-refractivity contribution in [2.75, 3.05) is 0 Å². The summed E-state index contributed by atoms with van der Waals surface area (Å²) in [6, 6.07) is 3.21. The molecule has 62 valence electrons. The topological polar surface area (TPSA) is 49.9 Å². The number of nitrogens with one attached hydrogen (secondary N) is 1. The zero-order chi connectivity index (χ0) is 8.97. The molecule has 0 bridgehead atoms. The maximum atomic E-state index is 11.0. The van der Waals surface area contributed by atoms with E-state index in [1.165, 1.54) is 6.07 Å². The van der Waals surface area contributed by atoms with Crippen molar-refractivity contribution < 1.29 is 4.79 Å². The van der Waals surface area contributed by atoms with E-state index in [1.54, 1.807) is 12.1 Å². The van der Waals surface area contributed by atoms with Gasteiger partial charge >= 0.3 is 0 Å². The third-order valence-corrected chi connectivity index (χ3v) is 1.49. The number of H-pyrrole nitrogens is 1. The first-order valence-electron chi connectivity index (χ1n) is 3.56. The first-order chi connectivity index (χ1) is 5.77. The summed E-state index contributed by atoms with van der Waals surface area (Å²) in [4.78, 5) is 23.9. The Morgan fingerprint density at radius 3 is 2.75 bits per heavy atom. The lowest BCUT2D eigenvalue weighted by atomic mass is 10.2. The number of pyridine rings is 1. The molecule has 0 aliphatic heterocycles. The van der Waals surface area contributed by atoms with E-state index in [9.17, 15) is 9.59 Å². The van der Waals surface area contributed by atoms with Gasteiger partial charge in [-0.05, 0) is 12.1 Å². The highest BCUT2D eigenvalue weighted by Crippen LogP contribution is 1.94. The van der Waals surface area contributed by atoms with Crippen molar-refractivity contribution in [3.63, 3.8) is 0 Å². The number of aromatic nitrogens is 1. The summed E-state index contributed by atoms with van der Waals surface area (Å²) in [5.74, 6) is 0. The number of aldehydes is 1. The van der Waals surface area contributed by atoms with E-state index in [1.807, 2.05) is 0 Å². The van der Waals surface area contributed by atoms with E-state index in [4.69, 9.17) is 0 Å². The number of rotatable bonds is 3. The molecule has 0 aliphatic rings. The zero-order valence-electron chi connectivity index (χ0n) is 6.54. The van der Waals surface area contributed by atoms with Gasteiger partial charge in [-0.25, -0.2) is 0 Å². The maximum absolute atomic E-state index is 11.0. The fraction of sp³-hybridized carbons (Fsp3) is 0.111. The molecule has 0 unspecified atom stereocenters. The minimum atomic E-state index is -0.343. The van der Waals surface area contributed by atoms with Crippen molar-refractivity contribution >= 4 is 6.29 Å².